The average molecular weight is 265 g/mol. The summed E-state index contributed by atoms with van der Waals surface area (Å²) >= 11 is 1.76. The van der Waals surface area contributed by atoms with Gasteiger partial charge in [-0.2, -0.15) is 0 Å². The second kappa shape index (κ2) is 4.82. The summed E-state index contributed by atoms with van der Waals surface area (Å²) < 4.78 is 0. The highest BCUT2D eigenvalue weighted by Gasteiger charge is 2.39. The van der Waals surface area contributed by atoms with E-state index in [-0.39, 0.29) is 0 Å². The number of aromatic nitrogens is 1. The zero-order chi connectivity index (χ0) is 12.7. The molecule has 4 heteroatoms. The van der Waals surface area contributed by atoms with Crippen molar-refractivity contribution in [2.75, 3.05) is 18.5 Å². The molecule has 3 unspecified atom stereocenters. The maximum Gasteiger partial charge on any atom is 0.185 e. The molecular weight excluding hydrogens is 242 g/mol. The van der Waals surface area contributed by atoms with Crippen molar-refractivity contribution in [1.29, 1.82) is 0 Å². The molecule has 1 aromatic heterocycles. The first-order valence-electron chi connectivity index (χ1n) is 7.05. The van der Waals surface area contributed by atoms with Crippen molar-refractivity contribution in [1.82, 2.24) is 4.98 Å². The van der Waals surface area contributed by atoms with Crippen LogP contribution in [0.25, 0.3) is 0 Å². The highest BCUT2D eigenvalue weighted by Crippen LogP contribution is 2.48. The smallest absolute Gasteiger partial charge is 0.185 e. The zero-order valence-electron chi connectivity index (χ0n) is 11.4. The van der Waals surface area contributed by atoms with Crippen molar-refractivity contribution < 1.29 is 0 Å². The molecule has 1 aromatic rings. The van der Waals surface area contributed by atoms with E-state index >= 15 is 0 Å². The second-order valence-corrected chi connectivity index (χ2v) is 7.09. The van der Waals surface area contributed by atoms with Crippen molar-refractivity contribution in [3.05, 3.63) is 10.6 Å². The quantitative estimate of drug-likeness (QED) is 0.910. The first-order chi connectivity index (χ1) is 8.67. The number of rotatable bonds is 4. The highest BCUT2D eigenvalue weighted by atomic mass is 32.1. The number of nitrogens with zero attached hydrogens (tertiary/aromatic N) is 2. The van der Waals surface area contributed by atoms with Crippen molar-refractivity contribution in [3.8, 4) is 0 Å². The van der Waals surface area contributed by atoms with Gasteiger partial charge in [-0.05, 0) is 43.9 Å². The van der Waals surface area contributed by atoms with Crippen LogP contribution in [0.2, 0.25) is 0 Å². The number of fused-ring (bicyclic) bond motifs is 2. The molecule has 18 heavy (non-hydrogen) atoms. The molecule has 2 bridgehead atoms. The van der Waals surface area contributed by atoms with E-state index in [9.17, 15) is 0 Å². The predicted octanol–water partition coefficient (Wildman–Crippen LogP) is 2.78. The van der Waals surface area contributed by atoms with Crippen LogP contribution in [0.3, 0.4) is 0 Å². The number of hydrogen-bond donors (Lipinski definition) is 1. The standard InChI is InChI=1S/C14H23N3S/c1-9-13(7-15)18-14(16-9)17(2)8-12-6-10-3-4-11(12)5-10/h10-12H,3-8,15H2,1-2H3. The van der Waals surface area contributed by atoms with E-state index in [2.05, 4.69) is 23.9 Å². The number of thiazole rings is 1. The molecule has 1 heterocycles. The molecule has 2 fully saturated rings. The second-order valence-electron chi connectivity index (χ2n) is 6.02. The van der Waals surface area contributed by atoms with Crippen LogP contribution >= 0.6 is 11.3 Å². The normalized spacial score (nSPS) is 30.1. The van der Waals surface area contributed by atoms with Gasteiger partial charge in [0.25, 0.3) is 0 Å². The summed E-state index contributed by atoms with van der Waals surface area (Å²) in [5, 5.41) is 1.15. The molecule has 100 valence electrons. The third kappa shape index (κ3) is 2.16. The number of aryl methyl sites for hydroxylation is 1. The van der Waals surface area contributed by atoms with E-state index in [4.69, 9.17) is 5.73 Å². The van der Waals surface area contributed by atoms with Crippen molar-refractivity contribution in [3.63, 3.8) is 0 Å². The topological polar surface area (TPSA) is 42.2 Å². The van der Waals surface area contributed by atoms with E-state index < -0.39 is 0 Å². The Morgan fingerprint density at radius 3 is 2.78 bits per heavy atom. The Morgan fingerprint density at radius 2 is 2.22 bits per heavy atom. The van der Waals surface area contributed by atoms with Crippen LogP contribution in [-0.4, -0.2) is 18.6 Å². The van der Waals surface area contributed by atoms with Gasteiger partial charge in [0.1, 0.15) is 0 Å². The van der Waals surface area contributed by atoms with Crippen molar-refractivity contribution in [2.45, 2.75) is 39.2 Å². The third-order valence-corrected chi connectivity index (χ3v) is 6.08. The highest BCUT2D eigenvalue weighted by molar-refractivity contribution is 7.15. The summed E-state index contributed by atoms with van der Waals surface area (Å²) in [4.78, 5) is 8.23. The third-order valence-electron chi connectivity index (χ3n) is 4.79. The summed E-state index contributed by atoms with van der Waals surface area (Å²) in [6, 6.07) is 0. The molecule has 2 aliphatic rings. The summed E-state index contributed by atoms with van der Waals surface area (Å²) in [6.45, 7) is 3.86. The summed E-state index contributed by atoms with van der Waals surface area (Å²) in [6.07, 6.45) is 5.89. The van der Waals surface area contributed by atoms with Crippen molar-refractivity contribution >= 4 is 16.5 Å². The Hall–Kier alpha value is -0.610. The van der Waals surface area contributed by atoms with Crippen LogP contribution in [-0.2, 0) is 6.54 Å². The van der Waals surface area contributed by atoms with Gasteiger partial charge >= 0.3 is 0 Å². The van der Waals surface area contributed by atoms with Gasteiger partial charge in [-0.1, -0.05) is 6.42 Å². The molecule has 2 N–H and O–H groups in total. The van der Waals surface area contributed by atoms with E-state index in [1.807, 2.05) is 0 Å². The van der Waals surface area contributed by atoms with E-state index in [0.717, 1.165) is 28.6 Å². The first kappa shape index (κ1) is 12.4. The fourth-order valence-electron chi connectivity index (χ4n) is 3.80. The molecule has 2 aliphatic carbocycles. The van der Waals surface area contributed by atoms with Gasteiger partial charge in [-0.25, -0.2) is 4.98 Å². The van der Waals surface area contributed by atoms with Crippen LogP contribution in [0, 0.1) is 24.7 Å². The lowest BCUT2D eigenvalue weighted by Gasteiger charge is -2.26. The molecule has 3 rings (SSSR count). The molecule has 0 amide bonds. The lowest BCUT2D eigenvalue weighted by atomic mass is 9.88. The molecule has 0 aliphatic heterocycles. The molecule has 2 saturated carbocycles. The van der Waals surface area contributed by atoms with Gasteiger partial charge < -0.3 is 10.6 Å². The van der Waals surface area contributed by atoms with Gasteiger partial charge in [-0.15, -0.1) is 11.3 Å². The Labute approximate surface area is 113 Å². The Balaban J connectivity index is 1.65. The molecule has 3 nitrogen and oxygen atoms in total. The van der Waals surface area contributed by atoms with E-state index in [1.165, 1.54) is 37.1 Å². The summed E-state index contributed by atoms with van der Waals surface area (Å²) in [5.74, 6) is 2.93. The van der Waals surface area contributed by atoms with Crippen molar-refractivity contribution in [2.24, 2.45) is 23.5 Å². The number of anilines is 1. The minimum absolute atomic E-state index is 0.617. The largest absolute Gasteiger partial charge is 0.351 e. The minimum atomic E-state index is 0.617. The molecule has 0 radical (unpaired) electrons. The Morgan fingerprint density at radius 1 is 1.39 bits per heavy atom. The maximum absolute atomic E-state index is 5.73. The fraction of sp³-hybridized carbons (Fsp3) is 0.786. The van der Waals surface area contributed by atoms with Crippen LogP contribution in [0.15, 0.2) is 0 Å². The monoisotopic (exact) mass is 265 g/mol. The summed E-state index contributed by atoms with van der Waals surface area (Å²) in [5.41, 5.74) is 6.84. The Kier molecular flexibility index (Phi) is 3.32. The summed E-state index contributed by atoms with van der Waals surface area (Å²) in [7, 11) is 2.19. The molecule has 3 atom stereocenters. The van der Waals surface area contributed by atoms with Gasteiger partial charge in [0.15, 0.2) is 5.13 Å². The van der Waals surface area contributed by atoms with Gasteiger partial charge in [0.2, 0.25) is 0 Å². The number of hydrogen-bond acceptors (Lipinski definition) is 4. The number of nitrogens with two attached hydrogens (primary N) is 1. The minimum Gasteiger partial charge on any atom is -0.351 e. The molecule has 0 spiro atoms. The van der Waals surface area contributed by atoms with Crippen LogP contribution in [0.5, 0.6) is 0 Å². The molecule has 0 aromatic carbocycles. The predicted molar refractivity (Wildman–Crippen MR) is 77.0 cm³/mol. The fourth-order valence-corrected chi connectivity index (χ4v) is 4.71. The van der Waals surface area contributed by atoms with E-state index in [0.29, 0.717) is 6.54 Å². The van der Waals surface area contributed by atoms with E-state index in [1.54, 1.807) is 11.3 Å². The lowest BCUT2D eigenvalue weighted by Crippen LogP contribution is -2.28. The van der Waals surface area contributed by atoms with Crippen LogP contribution in [0.1, 0.15) is 36.3 Å². The molecular formula is C14H23N3S. The lowest BCUT2D eigenvalue weighted by molar-refractivity contribution is 0.337. The van der Waals surface area contributed by atoms with Crippen LogP contribution in [0.4, 0.5) is 5.13 Å². The van der Waals surface area contributed by atoms with Gasteiger partial charge in [-0.3, -0.25) is 0 Å². The first-order valence-corrected chi connectivity index (χ1v) is 7.86. The van der Waals surface area contributed by atoms with Gasteiger partial charge in [0.05, 0.1) is 5.69 Å². The average Bonchev–Trinajstić information content (AvgIpc) is 3.03. The zero-order valence-corrected chi connectivity index (χ0v) is 12.2. The molecule has 0 saturated heterocycles. The van der Waals surface area contributed by atoms with Gasteiger partial charge in [0, 0.05) is 25.0 Å². The Bertz CT molecular complexity index is 429. The van der Waals surface area contributed by atoms with Crippen LogP contribution < -0.4 is 10.6 Å². The SMILES string of the molecule is Cc1nc(N(C)CC2CC3CCC2C3)sc1CN. The maximum atomic E-state index is 5.73.